The number of pyridine rings is 1. The molecule has 0 aliphatic carbocycles. The zero-order valence-electron chi connectivity index (χ0n) is 19.9. The van der Waals surface area contributed by atoms with E-state index in [1.165, 1.54) is 7.11 Å². The highest BCUT2D eigenvalue weighted by Gasteiger charge is 2.23. The first-order chi connectivity index (χ1) is 17.6. The van der Waals surface area contributed by atoms with Gasteiger partial charge in [-0.05, 0) is 17.2 Å². The molecule has 4 aromatic rings. The Bertz CT molecular complexity index is 1370. The van der Waals surface area contributed by atoms with Crippen molar-refractivity contribution in [2.45, 2.75) is 19.4 Å². The van der Waals surface area contributed by atoms with Gasteiger partial charge in [-0.2, -0.15) is 0 Å². The number of ether oxygens (including phenoxy) is 2. The molecule has 0 bridgehead atoms. The summed E-state index contributed by atoms with van der Waals surface area (Å²) in [5.74, 6) is -1.25. The number of carbonyl (C=O) groups excluding carboxylic acids is 3. The number of hydrogen-bond donors (Lipinski definition) is 1. The van der Waals surface area contributed by atoms with Crippen molar-refractivity contribution in [1.29, 1.82) is 0 Å². The lowest BCUT2D eigenvalue weighted by molar-refractivity contribution is -0.145. The highest BCUT2D eigenvalue weighted by molar-refractivity contribution is 6.07. The number of para-hydroxylation sites is 1. The van der Waals surface area contributed by atoms with E-state index in [9.17, 15) is 14.4 Å². The number of esters is 2. The van der Waals surface area contributed by atoms with Gasteiger partial charge in [-0.15, -0.1) is 0 Å². The molecular weight excluding hydrogens is 456 g/mol. The number of aromatic nitrogens is 1. The maximum atomic E-state index is 12.9. The van der Waals surface area contributed by atoms with Crippen molar-refractivity contribution in [2.75, 3.05) is 13.7 Å². The normalized spacial score (nSPS) is 10.6. The molecule has 0 saturated heterocycles. The van der Waals surface area contributed by atoms with E-state index in [-0.39, 0.29) is 37.5 Å². The standard InChI is InChI=1S/C29H26N2O5/c1-35-29(34)28-24(19-36-26(33)16-17-30-25(32)18-20-10-4-2-5-11-20)31-23-15-9-8-14-22(23)27(28)21-12-6-3-7-13-21/h2-15H,16-19H2,1H3,(H,30,32). The minimum Gasteiger partial charge on any atom is -0.465 e. The SMILES string of the molecule is COC(=O)c1c(COC(=O)CCNC(=O)Cc2ccccc2)nc2ccccc2c1-c1ccccc1. The van der Waals surface area contributed by atoms with Crippen LogP contribution in [0.2, 0.25) is 0 Å². The van der Waals surface area contributed by atoms with E-state index in [1.807, 2.05) is 84.9 Å². The molecule has 182 valence electrons. The van der Waals surface area contributed by atoms with Gasteiger partial charge in [0.05, 0.1) is 36.7 Å². The molecule has 4 rings (SSSR count). The van der Waals surface area contributed by atoms with Crippen molar-refractivity contribution in [3.63, 3.8) is 0 Å². The molecule has 0 aliphatic heterocycles. The van der Waals surface area contributed by atoms with Crippen LogP contribution < -0.4 is 5.32 Å². The average molecular weight is 483 g/mol. The first-order valence-electron chi connectivity index (χ1n) is 11.6. The van der Waals surface area contributed by atoms with Crippen molar-refractivity contribution >= 4 is 28.7 Å². The smallest absolute Gasteiger partial charge is 0.340 e. The summed E-state index contributed by atoms with van der Waals surface area (Å²) >= 11 is 0. The Morgan fingerprint density at radius 2 is 1.53 bits per heavy atom. The van der Waals surface area contributed by atoms with Gasteiger partial charge in [0, 0.05) is 17.5 Å². The monoisotopic (exact) mass is 482 g/mol. The zero-order valence-corrected chi connectivity index (χ0v) is 19.9. The summed E-state index contributed by atoms with van der Waals surface area (Å²) in [6.45, 7) is -0.0549. The van der Waals surface area contributed by atoms with Gasteiger partial charge >= 0.3 is 11.9 Å². The van der Waals surface area contributed by atoms with Gasteiger partial charge in [-0.3, -0.25) is 9.59 Å². The maximum Gasteiger partial charge on any atom is 0.340 e. The van der Waals surface area contributed by atoms with E-state index in [2.05, 4.69) is 10.3 Å². The van der Waals surface area contributed by atoms with Crippen LogP contribution in [0.5, 0.6) is 0 Å². The number of nitrogens with one attached hydrogen (secondary N) is 1. The fourth-order valence-corrected chi connectivity index (χ4v) is 3.96. The summed E-state index contributed by atoms with van der Waals surface area (Å²) in [4.78, 5) is 42.0. The molecule has 1 N–H and O–H groups in total. The number of hydrogen-bond acceptors (Lipinski definition) is 6. The number of rotatable bonds is 9. The van der Waals surface area contributed by atoms with Crippen LogP contribution in [0.1, 0.15) is 28.0 Å². The molecule has 0 aliphatic rings. The third-order valence-corrected chi connectivity index (χ3v) is 5.65. The number of carbonyl (C=O) groups is 3. The van der Waals surface area contributed by atoms with Crippen LogP contribution in [-0.4, -0.2) is 36.5 Å². The van der Waals surface area contributed by atoms with Crippen LogP contribution in [0.3, 0.4) is 0 Å². The summed E-state index contributed by atoms with van der Waals surface area (Å²) in [7, 11) is 1.31. The fourth-order valence-electron chi connectivity index (χ4n) is 3.96. The Kier molecular flexibility index (Phi) is 8.03. The van der Waals surface area contributed by atoms with Crippen LogP contribution in [0.4, 0.5) is 0 Å². The van der Waals surface area contributed by atoms with E-state index in [4.69, 9.17) is 9.47 Å². The second-order valence-corrected chi connectivity index (χ2v) is 8.11. The molecule has 7 heteroatoms. The number of nitrogens with zero attached hydrogens (tertiary/aromatic N) is 1. The Balaban J connectivity index is 1.49. The summed E-state index contributed by atoms with van der Waals surface area (Å²) in [5.41, 5.74) is 3.62. The van der Waals surface area contributed by atoms with E-state index in [0.717, 1.165) is 16.5 Å². The molecule has 0 spiro atoms. The van der Waals surface area contributed by atoms with Crippen molar-refractivity contribution < 1.29 is 23.9 Å². The quantitative estimate of drug-likeness (QED) is 0.354. The van der Waals surface area contributed by atoms with Crippen LogP contribution in [-0.2, 0) is 32.1 Å². The van der Waals surface area contributed by atoms with Gasteiger partial charge in [0.15, 0.2) is 0 Å². The van der Waals surface area contributed by atoms with Crippen LogP contribution in [0.25, 0.3) is 22.0 Å². The lowest BCUT2D eigenvalue weighted by Crippen LogP contribution is -2.28. The van der Waals surface area contributed by atoms with Gasteiger partial charge in [0.2, 0.25) is 5.91 Å². The summed E-state index contributed by atoms with van der Waals surface area (Å²) in [5, 5.41) is 3.52. The molecule has 0 saturated carbocycles. The van der Waals surface area contributed by atoms with Crippen LogP contribution in [0.15, 0.2) is 84.9 Å². The van der Waals surface area contributed by atoms with Crippen LogP contribution >= 0.6 is 0 Å². The van der Waals surface area contributed by atoms with Crippen LogP contribution in [0, 0.1) is 0 Å². The predicted molar refractivity (Wildman–Crippen MR) is 136 cm³/mol. The molecular formula is C29H26N2O5. The molecule has 1 aromatic heterocycles. The fraction of sp³-hybridized carbons (Fsp3) is 0.172. The van der Waals surface area contributed by atoms with Gasteiger partial charge in [-0.25, -0.2) is 9.78 Å². The third-order valence-electron chi connectivity index (χ3n) is 5.65. The molecule has 36 heavy (non-hydrogen) atoms. The first-order valence-corrected chi connectivity index (χ1v) is 11.6. The second-order valence-electron chi connectivity index (χ2n) is 8.11. The van der Waals surface area contributed by atoms with E-state index >= 15 is 0 Å². The Morgan fingerprint density at radius 3 is 2.25 bits per heavy atom. The highest BCUT2D eigenvalue weighted by Crippen LogP contribution is 2.34. The number of methoxy groups -OCH3 is 1. The van der Waals surface area contributed by atoms with Crippen molar-refractivity contribution in [2.24, 2.45) is 0 Å². The Hall–Kier alpha value is -4.52. The van der Waals surface area contributed by atoms with Crippen molar-refractivity contribution in [3.05, 3.63) is 102 Å². The molecule has 1 heterocycles. The molecule has 0 atom stereocenters. The average Bonchev–Trinajstić information content (AvgIpc) is 2.91. The second kappa shape index (κ2) is 11.8. The molecule has 0 unspecified atom stereocenters. The predicted octanol–water partition coefficient (Wildman–Crippen LogP) is 4.48. The summed E-state index contributed by atoms with van der Waals surface area (Å²) < 4.78 is 10.5. The van der Waals surface area contributed by atoms with E-state index in [1.54, 1.807) is 0 Å². The molecule has 0 radical (unpaired) electrons. The summed E-state index contributed by atoms with van der Waals surface area (Å²) in [6, 6.07) is 26.3. The first kappa shape index (κ1) is 24.6. The number of fused-ring (bicyclic) bond motifs is 1. The number of amides is 1. The molecule has 3 aromatic carbocycles. The Labute approximate surface area is 209 Å². The van der Waals surface area contributed by atoms with Crippen molar-refractivity contribution in [3.8, 4) is 11.1 Å². The van der Waals surface area contributed by atoms with E-state index in [0.29, 0.717) is 16.8 Å². The molecule has 7 nitrogen and oxygen atoms in total. The molecule has 1 amide bonds. The topological polar surface area (TPSA) is 94.6 Å². The van der Waals surface area contributed by atoms with Gasteiger partial charge in [-0.1, -0.05) is 78.9 Å². The van der Waals surface area contributed by atoms with Gasteiger partial charge in [0.25, 0.3) is 0 Å². The largest absolute Gasteiger partial charge is 0.465 e. The minimum atomic E-state index is -0.564. The minimum absolute atomic E-state index is 0.00674. The highest BCUT2D eigenvalue weighted by atomic mass is 16.5. The molecule has 0 fully saturated rings. The number of benzene rings is 3. The zero-order chi connectivity index (χ0) is 25.3. The van der Waals surface area contributed by atoms with Crippen molar-refractivity contribution in [1.82, 2.24) is 10.3 Å². The summed E-state index contributed by atoms with van der Waals surface area (Å²) in [6.07, 6.45) is 0.231. The lowest BCUT2D eigenvalue weighted by atomic mass is 9.94. The van der Waals surface area contributed by atoms with Gasteiger partial charge < -0.3 is 14.8 Å². The van der Waals surface area contributed by atoms with Gasteiger partial charge in [0.1, 0.15) is 6.61 Å². The lowest BCUT2D eigenvalue weighted by Gasteiger charge is -2.16. The van der Waals surface area contributed by atoms with E-state index < -0.39 is 11.9 Å². The Morgan fingerprint density at radius 1 is 0.861 bits per heavy atom. The third kappa shape index (κ3) is 5.93. The maximum absolute atomic E-state index is 12.9.